The molecule has 1 fully saturated rings. The van der Waals surface area contributed by atoms with Crippen LogP contribution in [0.25, 0.3) is 0 Å². The maximum Gasteiger partial charge on any atom is 0.115 e. The molecule has 2 aromatic carbocycles. The van der Waals surface area contributed by atoms with E-state index in [1.165, 1.54) is 23.1 Å². The molecule has 2 nitrogen and oxygen atoms in total. The molecule has 1 aliphatic heterocycles. The minimum Gasteiger partial charge on any atom is -0.508 e. The fraction of sp³-hybridized carbons (Fsp3) is 0.455. The highest BCUT2D eigenvalue weighted by molar-refractivity contribution is 5.44. The van der Waals surface area contributed by atoms with Gasteiger partial charge in [0.1, 0.15) is 5.75 Å². The summed E-state index contributed by atoms with van der Waals surface area (Å²) in [5, 5.41) is 9.94. The molecule has 0 spiro atoms. The lowest BCUT2D eigenvalue weighted by Crippen LogP contribution is -2.58. The average Bonchev–Trinajstić information content (AvgIpc) is 2.59. The van der Waals surface area contributed by atoms with Gasteiger partial charge in [-0.3, -0.25) is 4.90 Å². The quantitative estimate of drug-likeness (QED) is 0.917. The summed E-state index contributed by atoms with van der Waals surface area (Å²) in [6.45, 7) is 7.11. The maximum atomic E-state index is 9.94. The molecule has 0 radical (unpaired) electrons. The first-order valence-corrected chi connectivity index (χ1v) is 9.18. The molecule has 3 atom stereocenters. The fourth-order valence-electron chi connectivity index (χ4n) is 4.89. The smallest absolute Gasteiger partial charge is 0.115 e. The van der Waals surface area contributed by atoms with Crippen molar-refractivity contribution in [3.8, 4) is 5.75 Å². The maximum absolute atomic E-state index is 9.94. The van der Waals surface area contributed by atoms with Gasteiger partial charge >= 0.3 is 0 Å². The molecule has 2 aliphatic rings. The molecule has 2 heteroatoms. The molecule has 0 saturated carbocycles. The van der Waals surface area contributed by atoms with E-state index in [1.54, 1.807) is 0 Å². The second kappa shape index (κ2) is 5.93. The number of phenols is 1. The van der Waals surface area contributed by atoms with Gasteiger partial charge < -0.3 is 5.11 Å². The molecule has 4 rings (SSSR count). The van der Waals surface area contributed by atoms with E-state index < -0.39 is 0 Å². The number of nitrogens with zero attached hydrogens (tertiary/aromatic N) is 1. The van der Waals surface area contributed by atoms with E-state index in [0.29, 0.717) is 17.7 Å². The Bertz CT molecular complexity index is 726. The van der Waals surface area contributed by atoms with Crippen molar-refractivity contribution in [2.75, 3.05) is 13.1 Å². The van der Waals surface area contributed by atoms with Crippen LogP contribution >= 0.6 is 0 Å². The predicted molar refractivity (Wildman–Crippen MR) is 98.5 cm³/mol. The number of fused-ring (bicyclic) bond motifs is 4. The average molecular weight is 321 g/mol. The van der Waals surface area contributed by atoms with Crippen LogP contribution in [0.2, 0.25) is 0 Å². The van der Waals surface area contributed by atoms with Crippen molar-refractivity contribution < 1.29 is 5.11 Å². The van der Waals surface area contributed by atoms with E-state index in [4.69, 9.17) is 0 Å². The third kappa shape index (κ3) is 2.53. The fourth-order valence-corrected chi connectivity index (χ4v) is 4.89. The zero-order valence-corrected chi connectivity index (χ0v) is 14.7. The van der Waals surface area contributed by atoms with Gasteiger partial charge in [-0.25, -0.2) is 0 Å². The van der Waals surface area contributed by atoms with E-state index in [9.17, 15) is 5.11 Å². The SMILES string of the molecule is C[C@H]1[C@@H]2Cc3ccc(O)cc3[C@]1(C)CCN2CCc1ccccc1. The zero-order chi connectivity index (χ0) is 16.7. The summed E-state index contributed by atoms with van der Waals surface area (Å²) in [6.07, 6.45) is 3.42. The van der Waals surface area contributed by atoms with Gasteiger partial charge in [-0.15, -0.1) is 0 Å². The second-order valence-electron chi connectivity index (χ2n) is 7.84. The number of benzene rings is 2. The van der Waals surface area contributed by atoms with Crippen LogP contribution in [0.15, 0.2) is 48.5 Å². The Morgan fingerprint density at radius 2 is 1.96 bits per heavy atom. The van der Waals surface area contributed by atoms with Crippen LogP contribution < -0.4 is 0 Å². The van der Waals surface area contributed by atoms with E-state index in [1.807, 2.05) is 12.1 Å². The normalized spacial score (nSPS) is 29.2. The summed E-state index contributed by atoms with van der Waals surface area (Å²) in [5.41, 5.74) is 4.44. The van der Waals surface area contributed by atoms with Crippen molar-refractivity contribution in [2.24, 2.45) is 5.92 Å². The van der Waals surface area contributed by atoms with Crippen molar-refractivity contribution in [3.05, 3.63) is 65.2 Å². The van der Waals surface area contributed by atoms with Gasteiger partial charge in [0.2, 0.25) is 0 Å². The lowest BCUT2D eigenvalue weighted by Gasteiger charge is -2.54. The van der Waals surface area contributed by atoms with Gasteiger partial charge in [0.15, 0.2) is 0 Å². The van der Waals surface area contributed by atoms with Crippen LogP contribution in [0.4, 0.5) is 0 Å². The first kappa shape index (κ1) is 15.7. The summed E-state index contributed by atoms with van der Waals surface area (Å²) in [7, 11) is 0. The number of hydrogen-bond acceptors (Lipinski definition) is 2. The minimum absolute atomic E-state index is 0.195. The largest absolute Gasteiger partial charge is 0.508 e. The molecule has 0 amide bonds. The highest BCUT2D eigenvalue weighted by Gasteiger charge is 2.48. The van der Waals surface area contributed by atoms with E-state index >= 15 is 0 Å². The van der Waals surface area contributed by atoms with Crippen molar-refractivity contribution >= 4 is 0 Å². The molecule has 0 aromatic heterocycles. The Hall–Kier alpha value is -1.80. The molecule has 126 valence electrons. The highest BCUT2D eigenvalue weighted by Crippen LogP contribution is 2.49. The lowest BCUT2D eigenvalue weighted by molar-refractivity contribution is 0.0322. The van der Waals surface area contributed by atoms with Crippen LogP contribution in [0.5, 0.6) is 5.75 Å². The molecular formula is C22H27NO. The Labute approximate surface area is 145 Å². The second-order valence-corrected chi connectivity index (χ2v) is 7.84. The van der Waals surface area contributed by atoms with Crippen molar-refractivity contribution in [2.45, 2.75) is 44.6 Å². The number of phenolic OH excluding ortho intramolecular Hbond substituents is 1. The van der Waals surface area contributed by atoms with Crippen molar-refractivity contribution in [1.82, 2.24) is 4.90 Å². The molecule has 1 N–H and O–H groups in total. The van der Waals surface area contributed by atoms with Crippen LogP contribution in [0, 0.1) is 5.92 Å². The van der Waals surface area contributed by atoms with Gasteiger partial charge in [-0.2, -0.15) is 0 Å². The van der Waals surface area contributed by atoms with Crippen LogP contribution in [0.1, 0.15) is 37.0 Å². The summed E-state index contributed by atoms with van der Waals surface area (Å²) >= 11 is 0. The topological polar surface area (TPSA) is 23.5 Å². The molecule has 2 aromatic rings. The van der Waals surface area contributed by atoms with Crippen molar-refractivity contribution in [1.29, 1.82) is 0 Å². The molecule has 1 heterocycles. The highest BCUT2D eigenvalue weighted by atomic mass is 16.3. The van der Waals surface area contributed by atoms with Gasteiger partial charge in [0.05, 0.1) is 0 Å². The minimum atomic E-state index is 0.195. The third-order valence-electron chi connectivity index (χ3n) is 6.64. The van der Waals surface area contributed by atoms with Crippen LogP contribution in [0.3, 0.4) is 0 Å². The van der Waals surface area contributed by atoms with E-state index in [0.717, 1.165) is 25.9 Å². The molecule has 1 saturated heterocycles. The van der Waals surface area contributed by atoms with E-state index in [-0.39, 0.29) is 5.41 Å². The van der Waals surface area contributed by atoms with Crippen LogP contribution in [-0.4, -0.2) is 29.1 Å². The van der Waals surface area contributed by atoms with Gasteiger partial charge in [-0.1, -0.05) is 50.2 Å². The number of piperidine rings is 1. The molecule has 24 heavy (non-hydrogen) atoms. The molecule has 0 unspecified atom stereocenters. The summed E-state index contributed by atoms with van der Waals surface area (Å²) < 4.78 is 0. The van der Waals surface area contributed by atoms with Gasteiger partial charge in [0, 0.05) is 12.6 Å². The lowest BCUT2D eigenvalue weighted by atomic mass is 9.59. The number of aromatic hydroxyl groups is 1. The van der Waals surface area contributed by atoms with Crippen molar-refractivity contribution in [3.63, 3.8) is 0 Å². The first-order valence-electron chi connectivity index (χ1n) is 9.18. The van der Waals surface area contributed by atoms with E-state index in [2.05, 4.69) is 55.1 Å². The zero-order valence-electron chi connectivity index (χ0n) is 14.7. The number of likely N-dealkylation sites (tertiary alicyclic amines) is 1. The summed E-state index contributed by atoms with van der Waals surface area (Å²) in [4.78, 5) is 2.70. The number of hydrogen-bond donors (Lipinski definition) is 1. The van der Waals surface area contributed by atoms with Gasteiger partial charge in [-0.05, 0) is 66.0 Å². The molecular weight excluding hydrogens is 294 g/mol. The monoisotopic (exact) mass is 321 g/mol. The Balaban J connectivity index is 1.57. The Morgan fingerprint density at radius 3 is 2.75 bits per heavy atom. The summed E-state index contributed by atoms with van der Waals surface area (Å²) in [5.74, 6) is 1.03. The Kier molecular flexibility index (Phi) is 3.88. The van der Waals surface area contributed by atoms with Crippen LogP contribution in [-0.2, 0) is 18.3 Å². The Morgan fingerprint density at radius 1 is 1.17 bits per heavy atom. The first-order chi connectivity index (χ1) is 11.6. The molecule has 2 bridgehead atoms. The predicted octanol–water partition coefficient (Wildman–Crippen LogP) is 4.16. The standard InChI is InChI=1S/C22H27NO/c1-16-21-14-18-8-9-19(24)15-20(18)22(16,2)11-13-23(21)12-10-17-6-4-3-5-7-17/h3-9,15-16,21,24H,10-14H2,1-2H3/t16-,21-,22+/m0/s1. The summed E-state index contributed by atoms with van der Waals surface area (Å²) in [6, 6.07) is 17.4. The molecule has 1 aliphatic carbocycles. The van der Waals surface area contributed by atoms with Gasteiger partial charge in [0.25, 0.3) is 0 Å². The third-order valence-corrected chi connectivity index (χ3v) is 6.64. The number of rotatable bonds is 3.